The fraction of sp³-hybridized carbons (Fsp3) is 0.143. The number of aromatic nitrogens is 1. The standard InChI is InChI=1S/C21H19FN2O3/c1-13-11-14(2)24-21(26)17(13)12-23-20(25)10-8-15-7-9-19(27-15)16-5-3-4-6-18(16)22/h3-11H,12H2,1-2H3,(H,23,25)(H,24,26)/b10-8+. The SMILES string of the molecule is Cc1cc(C)c(CNC(=O)/C=C/c2ccc(-c3ccccc3F)o2)c(=O)[nH]1. The van der Waals surface area contributed by atoms with E-state index in [4.69, 9.17) is 4.42 Å². The van der Waals surface area contributed by atoms with Gasteiger partial charge in [-0.3, -0.25) is 9.59 Å². The Kier molecular flexibility index (Phi) is 5.35. The van der Waals surface area contributed by atoms with Crippen molar-refractivity contribution in [3.8, 4) is 11.3 Å². The summed E-state index contributed by atoms with van der Waals surface area (Å²) in [6.07, 6.45) is 2.80. The van der Waals surface area contributed by atoms with Crippen molar-refractivity contribution < 1.29 is 13.6 Å². The van der Waals surface area contributed by atoms with Crippen molar-refractivity contribution in [1.29, 1.82) is 0 Å². The number of halogens is 1. The maximum absolute atomic E-state index is 13.8. The second kappa shape index (κ2) is 7.86. The molecule has 0 saturated heterocycles. The van der Waals surface area contributed by atoms with Crippen LogP contribution in [0.15, 0.2) is 57.8 Å². The highest BCUT2D eigenvalue weighted by Crippen LogP contribution is 2.25. The molecule has 0 bridgehead atoms. The zero-order valence-electron chi connectivity index (χ0n) is 15.0. The first-order chi connectivity index (χ1) is 12.9. The number of nitrogens with one attached hydrogen (secondary N) is 2. The van der Waals surface area contributed by atoms with Crippen molar-refractivity contribution in [3.05, 3.63) is 87.3 Å². The molecule has 3 rings (SSSR count). The highest BCUT2D eigenvalue weighted by molar-refractivity contribution is 5.91. The Bertz CT molecular complexity index is 1060. The van der Waals surface area contributed by atoms with Crippen molar-refractivity contribution in [3.63, 3.8) is 0 Å². The lowest BCUT2D eigenvalue weighted by Crippen LogP contribution is -2.26. The molecule has 2 aromatic heterocycles. The summed E-state index contributed by atoms with van der Waals surface area (Å²) >= 11 is 0. The molecule has 0 unspecified atom stereocenters. The summed E-state index contributed by atoms with van der Waals surface area (Å²) in [7, 11) is 0. The van der Waals surface area contributed by atoms with Crippen LogP contribution in [0.25, 0.3) is 17.4 Å². The first-order valence-electron chi connectivity index (χ1n) is 8.44. The summed E-state index contributed by atoms with van der Waals surface area (Å²) in [4.78, 5) is 26.7. The monoisotopic (exact) mass is 366 g/mol. The first-order valence-corrected chi connectivity index (χ1v) is 8.44. The molecule has 0 aliphatic rings. The fourth-order valence-electron chi connectivity index (χ4n) is 2.74. The fourth-order valence-corrected chi connectivity index (χ4v) is 2.74. The zero-order chi connectivity index (χ0) is 19.4. The number of hydrogen-bond donors (Lipinski definition) is 2. The van der Waals surface area contributed by atoms with E-state index < -0.39 is 0 Å². The van der Waals surface area contributed by atoms with Gasteiger partial charge in [0.25, 0.3) is 5.56 Å². The quantitative estimate of drug-likeness (QED) is 0.676. The molecule has 0 radical (unpaired) electrons. The smallest absolute Gasteiger partial charge is 0.253 e. The van der Waals surface area contributed by atoms with E-state index in [1.807, 2.05) is 13.0 Å². The molecule has 0 atom stereocenters. The van der Waals surface area contributed by atoms with Crippen LogP contribution in [0, 0.1) is 19.7 Å². The van der Waals surface area contributed by atoms with Crippen molar-refractivity contribution in [2.24, 2.45) is 0 Å². The van der Waals surface area contributed by atoms with E-state index >= 15 is 0 Å². The summed E-state index contributed by atoms with van der Waals surface area (Å²) in [6.45, 7) is 3.76. The lowest BCUT2D eigenvalue weighted by Gasteiger charge is -2.06. The third-order valence-electron chi connectivity index (χ3n) is 4.10. The molecule has 1 amide bonds. The topological polar surface area (TPSA) is 75.1 Å². The molecular formula is C21H19FN2O3. The van der Waals surface area contributed by atoms with Crippen LogP contribution in [-0.4, -0.2) is 10.9 Å². The summed E-state index contributed by atoms with van der Waals surface area (Å²) < 4.78 is 19.3. The highest BCUT2D eigenvalue weighted by atomic mass is 19.1. The summed E-state index contributed by atoms with van der Waals surface area (Å²) in [5.41, 5.74) is 2.26. The Morgan fingerprint density at radius 1 is 1.22 bits per heavy atom. The van der Waals surface area contributed by atoms with E-state index in [-0.39, 0.29) is 23.8 Å². The largest absolute Gasteiger partial charge is 0.457 e. The van der Waals surface area contributed by atoms with E-state index in [1.54, 1.807) is 37.3 Å². The average Bonchev–Trinajstić information content (AvgIpc) is 3.08. The lowest BCUT2D eigenvalue weighted by atomic mass is 10.1. The molecule has 5 nitrogen and oxygen atoms in total. The second-order valence-electron chi connectivity index (χ2n) is 6.18. The number of carbonyl (C=O) groups excluding carboxylic acids is 1. The summed E-state index contributed by atoms with van der Waals surface area (Å²) in [5.74, 6) is 0.0692. The van der Waals surface area contributed by atoms with Crippen LogP contribution in [0.2, 0.25) is 0 Å². The maximum Gasteiger partial charge on any atom is 0.253 e. The van der Waals surface area contributed by atoms with Gasteiger partial charge in [-0.05, 0) is 55.8 Å². The van der Waals surface area contributed by atoms with E-state index in [0.717, 1.165) is 11.3 Å². The minimum atomic E-state index is -0.376. The van der Waals surface area contributed by atoms with Crippen molar-refractivity contribution >= 4 is 12.0 Å². The Hall–Kier alpha value is -3.41. The van der Waals surface area contributed by atoms with E-state index in [2.05, 4.69) is 10.3 Å². The first kappa shape index (κ1) is 18.4. The van der Waals surface area contributed by atoms with Gasteiger partial charge in [-0.25, -0.2) is 4.39 Å². The van der Waals surface area contributed by atoms with Crippen LogP contribution in [0.1, 0.15) is 22.6 Å². The molecule has 2 N–H and O–H groups in total. The molecule has 6 heteroatoms. The Balaban J connectivity index is 1.64. The van der Waals surface area contributed by atoms with Gasteiger partial charge in [0, 0.05) is 23.9 Å². The number of aryl methyl sites for hydroxylation is 2. The zero-order valence-corrected chi connectivity index (χ0v) is 15.0. The van der Waals surface area contributed by atoms with Crippen LogP contribution in [0.5, 0.6) is 0 Å². The van der Waals surface area contributed by atoms with E-state index in [9.17, 15) is 14.0 Å². The number of furan rings is 1. The molecule has 0 saturated carbocycles. The highest BCUT2D eigenvalue weighted by Gasteiger charge is 2.09. The van der Waals surface area contributed by atoms with Crippen molar-refractivity contribution in [1.82, 2.24) is 10.3 Å². The molecular weight excluding hydrogens is 347 g/mol. The number of amides is 1. The molecule has 0 aliphatic heterocycles. The number of carbonyl (C=O) groups is 1. The van der Waals surface area contributed by atoms with Gasteiger partial charge in [0.15, 0.2) is 0 Å². The van der Waals surface area contributed by atoms with Gasteiger partial charge in [-0.1, -0.05) is 12.1 Å². The normalized spacial score (nSPS) is 11.1. The number of aromatic amines is 1. The summed E-state index contributed by atoms with van der Waals surface area (Å²) in [6, 6.07) is 11.5. The molecule has 27 heavy (non-hydrogen) atoms. The van der Waals surface area contributed by atoms with Crippen molar-refractivity contribution in [2.75, 3.05) is 0 Å². The molecule has 1 aromatic carbocycles. The summed E-state index contributed by atoms with van der Waals surface area (Å²) in [5, 5.41) is 2.67. The maximum atomic E-state index is 13.8. The minimum Gasteiger partial charge on any atom is -0.457 e. The number of pyridine rings is 1. The Morgan fingerprint density at radius 3 is 2.74 bits per heavy atom. The second-order valence-corrected chi connectivity index (χ2v) is 6.18. The molecule has 2 heterocycles. The van der Waals surface area contributed by atoms with Crippen molar-refractivity contribution in [2.45, 2.75) is 20.4 Å². The third-order valence-corrected chi connectivity index (χ3v) is 4.10. The van der Waals surface area contributed by atoms with Crippen LogP contribution < -0.4 is 10.9 Å². The van der Waals surface area contributed by atoms with Gasteiger partial charge in [0.1, 0.15) is 17.3 Å². The molecule has 3 aromatic rings. The van der Waals surface area contributed by atoms with Gasteiger partial charge >= 0.3 is 0 Å². The van der Waals surface area contributed by atoms with Gasteiger partial charge in [0.05, 0.1) is 5.56 Å². The van der Waals surface area contributed by atoms with Crippen LogP contribution in [0.3, 0.4) is 0 Å². The Labute approximate surface area is 155 Å². The number of rotatable bonds is 5. The third kappa shape index (κ3) is 4.41. The molecule has 0 fully saturated rings. The number of H-pyrrole nitrogens is 1. The lowest BCUT2D eigenvalue weighted by molar-refractivity contribution is -0.116. The Morgan fingerprint density at radius 2 is 2.00 bits per heavy atom. The van der Waals surface area contributed by atoms with E-state index in [1.165, 1.54) is 18.2 Å². The van der Waals surface area contributed by atoms with Crippen LogP contribution in [0.4, 0.5) is 4.39 Å². The molecule has 0 spiro atoms. The van der Waals surface area contributed by atoms with Gasteiger partial charge in [0.2, 0.25) is 5.91 Å². The van der Waals surface area contributed by atoms with E-state index in [0.29, 0.717) is 22.6 Å². The molecule has 0 aliphatic carbocycles. The van der Waals surface area contributed by atoms with Gasteiger partial charge in [-0.15, -0.1) is 0 Å². The predicted octanol–water partition coefficient (Wildman–Crippen LogP) is 3.72. The predicted molar refractivity (Wildman–Crippen MR) is 102 cm³/mol. The minimum absolute atomic E-state index is 0.128. The van der Waals surface area contributed by atoms with Gasteiger partial charge < -0.3 is 14.7 Å². The van der Waals surface area contributed by atoms with Crippen LogP contribution >= 0.6 is 0 Å². The van der Waals surface area contributed by atoms with Gasteiger partial charge in [-0.2, -0.15) is 0 Å². The van der Waals surface area contributed by atoms with Crippen LogP contribution in [-0.2, 0) is 11.3 Å². The number of benzene rings is 1. The average molecular weight is 366 g/mol. The molecule has 138 valence electrons. The number of hydrogen-bond acceptors (Lipinski definition) is 3.